The number of ketones is 1. The van der Waals surface area contributed by atoms with Gasteiger partial charge in [-0.2, -0.15) is 0 Å². The number of phenols is 1. The minimum Gasteiger partial charge on any atom is -0.507 e. The number of carbonyl (C=O) groups excluding carboxylic acids is 1. The molecule has 0 fully saturated rings. The van der Waals surface area contributed by atoms with Gasteiger partial charge in [-0.1, -0.05) is 40.2 Å². The van der Waals surface area contributed by atoms with E-state index in [2.05, 4.69) is 13.8 Å². The molecule has 0 aliphatic heterocycles. The van der Waals surface area contributed by atoms with Crippen LogP contribution < -0.4 is 0 Å². The summed E-state index contributed by atoms with van der Waals surface area (Å²) in [6.45, 7) is 9.56. The molecule has 0 spiro atoms. The van der Waals surface area contributed by atoms with Gasteiger partial charge in [0.25, 0.3) is 0 Å². The van der Waals surface area contributed by atoms with E-state index in [-0.39, 0.29) is 22.7 Å². The Labute approximate surface area is 136 Å². The molecule has 0 saturated carbocycles. The van der Waals surface area contributed by atoms with Crippen LogP contribution in [0.25, 0.3) is 11.1 Å². The lowest BCUT2D eigenvalue weighted by Crippen LogP contribution is -1.94. The molecule has 0 radical (unpaired) electrons. The van der Waals surface area contributed by atoms with E-state index in [4.69, 9.17) is 0 Å². The summed E-state index contributed by atoms with van der Waals surface area (Å²) in [5, 5.41) is 9.49. The Morgan fingerprint density at radius 3 is 2.09 bits per heavy atom. The molecule has 2 aromatic rings. The Bertz CT molecular complexity index is 637. The van der Waals surface area contributed by atoms with Gasteiger partial charge in [0.2, 0.25) is 0 Å². The van der Waals surface area contributed by atoms with Gasteiger partial charge in [0, 0.05) is 11.6 Å². The van der Waals surface area contributed by atoms with Gasteiger partial charge in [0.05, 0.1) is 5.56 Å². The van der Waals surface area contributed by atoms with Gasteiger partial charge in [-0.15, -0.1) is 0 Å². The van der Waals surface area contributed by atoms with Gasteiger partial charge in [0.15, 0.2) is 5.78 Å². The maximum absolute atomic E-state index is 13.6. The number of benzene rings is 2. The van der Waals surface area contributed by atoms with Gasteiger partial charge in [-0.25, -0.2) is 8.78 Å². The molecular formula is C19H24F2O2. The zero-order chi connectivity index (χ0) is 18.0. The number of rotatable bonds is 2. The van der Waals surface area contributed by atoms with Crippen molar-refractivity contribution < 1.29 is 18.7 Å². The molecule has 0 amide bonds. The zero-order valence-corrected chi connectivity index (χ0v) is 14.3. The normalized spacial score (nSPS) is 9.17. The third-order valence-corrected chi connectivity index (χ3v) is 2.62. The van der Waals surface area contributed by atoms with Gasteiger partial charge >= 0.3 is 0 Å². The SMILES string of the molecule is CC.CC(=O)c1cc(-c2ccc(F)cc2F)ccc1O.CCC. The lowest BCUT2D eigenvalue weighted by molar-refractivity contribution is 0.101. The second kappa shape index (κ2) is 10.5. The Kier molecular flexibility index (Phi) is 9.47. The molecule has 2 nitrogen and oxygen atoms in total. The summed E-state index contributed by atoms with van der Waals surface area (Å²) in [5.74, 6) is -1.86. The molecule has 0 unspecified atom stereocenters. The van der Waals surface area contributed by atoms with Crippen molar-refractivity contribution in [2.75, 3.05) is 0 Å². The molecule has 0 heterocycles. The van der Waals surface area contributed by atoms with E-state index < -0.39 is 11.6 Å². The van der Waals surface area contributed by atoms with Crippen LogP contribution in [-0.4, -0.2) is 10.9 Å². The van der Waals surface area contributed by atoms with Crippen molar-refractivity contribution in [1.29, 1.82) is 0 Å². The average Bonchev–Trinajstić information content (AvgIpc) is 2.51. The monoisotopic (exact) mass is 322 g/mol. The van der Waals surface area contributed by atoms with Crippen LogP contribution in [0.5, 0.6) is 5.75 Å². The second-order valence-corrected chi connectivity index (χ2v) is 4.62. The first-order chi connectivity index (χ1) is 10.9. The largest absolute Gasteiger partial charge is 0.507 e. The first kappa shape index (κ1) is 20.8. The molecule has 4 heteroatoms. The van der Waals surface area contributed by atoms with Crippen LogP contribution in [0.2, 0.25) is 0 Å². The van der Waals surface area contributed by atoms with Crippen LogP contribution in [0.15, 0.2) is 36.4 Å². The first-order valence-corrected chi connectivity index (χ1v) is 7.70. The summed E-state index contributed by atoms with van der Waals surface area (Å²) in [4.78, 5) is 11.3. The van der Waals surface area contributed by atoms with Crippen molar-refractivity contribution in [3.63, 3.8) is 0 Å². The smallest absolute Gasteiger partial charge is 0.163 e. The molecule has 0 aliphatic carbocycles. The van der Waals surface area contributed by atoms with Crippen LogP contribution in [0.3, 0.4) is 0 Å². The van der Waals surface area contributed by atoms with Gasteiger partial charge < -0.3 is 5.11 Å². The molecule has 2 aromatic carbocycles. The van der Waals surface area contributed by atoms with Gasteiger partial charge in [0.1, 0.15) is 17.4 Å². The highest BCUT2D eigenvalue weighted by Gasteiger charge is 2.11. The molecular weight excluding hydrogens is 298 g/mol. The molecule has 23 heavy (non-hydrogen) atoms. The van der Waals surface area contributed by atoms with Crippen molar-refractivity contribution in [2.45, 2.75) is 41.0 Å². The molecule has 0 saturated heterocycles. The van der Waals surface area contributed by atoms with Crippen molar-refractivity contribution in [1.82, 2.24) is 0 Å². The van der Waals surface area contributed by atoms with E-state index in [9.17, 15) is 18.7 Å². The Morgan fingerprint density at radius 1 is 1.04 bits per heavy atom. The highest BCUT2D eigenvalue weighted by molar-refractivity contribution is 5.98. The minimum atomic E-state index is -0.713. The molecule has 126 valence electrons. The van der Waals surface area contributed by atoms with Crippen molar-refractivity contribution in [2.24, 2.45) is 0 Å². The summed E-state index contributed by atoms with van der Waals surface area (Å²) in [6, 6.07) is 7.37. The van der Waals surface area contributed by atoms with E-state index >= 15 is 0 Å². The van der Waals surface area contributed by atoms with E-state index in [1.54, 1.807) is 0 Å². The number of halogens is 2. The number of hydrogen-bond donors (Lipinski definition) is 1. The summed E-state index contributed by atoms with van der Waals surface area (Å²) < 4.78 is 26.4. The lowest BCUT2D eigenvalue weighted by Gasteiger charge is -2.07. The van der Waals surface area contributed by atoms with Crippen LogP contribution in [-0.2, 0) is 0 Å². The quantitative estimate of drug-likeness (QED) is 0.690. The minimum absolute atomic E-state index is 0.108. The maximum Gasteiger partial charge on any atom is 0.163 e. The molecule has 1 N–H and O–H groups in total. The predicted molar refractivity (Wildman–Crippen MR) is 90.8 cm³/mol. The highest BCUT2D eigenvalue weighted by atomic mass is 19.1. The van der Waals surface area contributed by atoms with Crippen LogP contribution >= 0.6 is 0 Å². The fourth-order valence-corrected chi connectivity index (χ4v) is 1.71. The number of carbonyl (C=O) groups is 1. The van der Waals surface area contributed by atoms with Crippen LogP contribution in [0.4, 0.5) is 8.78 Å². The number of hydrogen-bond acceptors (Lipinski definition) is 2. The Balaban J connectivity index is 0.000000868. The van der Waals surface area contributed by atoms with Crippen molar-refractivity contribution in [3.8, 4) is 16.9 Å². The second-order valence-electron chi connectivity index (χ2n) is 4.62. The van der Waals surface area contributed by atoms with E-state index in [0.717, 1.165) is 12.1 Å². The third kappa shape index (κ3) is 6.19. The zero-order valence-electron chi connectivity index (χ0n) is 14.3. The topological polar surface area (TPSA) is 37.3 Å². The van der Waals surface area contributed by atoms with E-state index in [0.29, 0.717) is 5.56 Å². The lowest BCUT2D eigenvalue weighted by atomic mass is 10.0. The maximum atomic E-state index is 13.6. The molecule has 2 rings (SSSR count). The van der Waals surface area contributed by atoms with Crippen LogP contribution in [0, 0.1) is 11.6 Å². The first-order valence-electron chi connectivity index (χ1n) is 7.70. The molecule has 0 atom stereocenters. The van der Waals surface area contributed by atoms with Crippen molar-refractivity contribution >= 4 is 5.78 Å². The van der Waals surface area contributed by atoms with E-state index in [1.165, 1.54) is 37.6 Å². The fraction of sp³-hybridized carbons (Fsp3) is 0.316. The number of aromatic hydroxyl groups is 1. The fourth-order valence-electron chi connectivity index (χ4n) is 1.71. The summed E-state index contributed by atoms with van der Waals surface area (Å²) >= 11 is 0. The Hall–Kier alpha value is -2.23. The van der Waals surface area contributed by atoms with Gasteiger partial charge in [-0.3, -0.25) is 4.79 Å². The highest BCUT2D eigenvalue weighted by Crippen LogP contribution is 2.28. The van der Waals surface area contributed by atoms with Gasteiger partial charge in [-0.05, 0) is 36.8 Å². The summed E-state index contributed by atoms with van der Waals surface area (Å²) in [7, 11) is 0. The Morgan fingerprint density at radius 2 is 1.61 bits per heavy atom. The number of phenolic OH excluding ortho intramolecular Hbond substituents is 1. The number of Topliss-reactive ketones (excluding diaryl/α,β-unsaturated/α-hetero) is 1. The standard InChI is InChI=1S/C14H10F2O2.C3H8.C2H6/c1-8(17)12-6-9(2-5-14(12)18)11-4-3-10(15)7-13(11)16;1-3-2;1-2/h2-7,18H,1H3;3H2,1-2H3;1-2H3. The van der Waals surface area contributed by atoms with E-state index in [1.807, 2.05) is 13.8 Å². The average molecular weight is 322 g/mol. The van der Waals surface area contributed by atoms with Crippen LogP contribution in [0.1, 0.15) is 51.4 Å². The summed E-state index contributed by atoms with van der Waals surface area (Å²) in [5.41, 5.74) is 0.700. The molecule has 0 aromatic heterocycles. The third-order valence-electron chi connectivity index (χ3n) is 2.62. The van der Waals surface area contributed by atoms with Crippen molar-refractivity contribution in [3.05, 3.63) is 53.6 Å². The molecule has 0 bridgehead atoms. The predicted octanol–water partition coefficient (Wildman–Crippen LogP) is 5.98. The summed E-state index contributed by atoms with van der Waals surface area (Å²) in [6.07, 6.45) is 1.25. The molecule has 0 aliphatic rings.